The van der Waals surface area contributed by atoms with Crippen LogP contribution in [0.4, 0.5) is 0 Å². The zero-order valence-corrected chi connectivity index (χ0v) is 15.1. The molecule has 0 aliphatic carbocycles. The number of rotatable bonds is 6. The second kappa shape index (κ2) is 7.93. The molecule has 22 heavy (non-hydrogen) atoms. The second-order valence-electron chi connectivity index (χ2n) is 6.30. The summed E-state index contributed by atoms with van der Waals surface area (Å²) < 4.78 is 24.3. The van der Waals surface area contributed by atoms with Crippen LogP contribution in [0.1, 0.15) is 6.42 Å². The molecule has 6 heteroatoms. The number of benzene rings is 1. The average molecular weight is 341 g/mol. The summed E-state index contributed by atoms with van der Waals surface area (Å²) in [6, 6.07) is 8.16. The van der Waals surface area contributed by atoms with E-state index in [2.05, 4.69) is 31.1 Å². The van der Waals surface area contributed by atoms with Gasteiger partial charge in [0.05, 0.1) is 29.3 Å². The minimum Gasteiger partial charge on any atom is -0.395 e. The summed E-state index contributed by atoms with van der Waals surface area (Å²) in [6.07, 6.45) is -0.893. The zero-order chi connectivity index (χ0) is 16.8. The fourth-order valence-electron chi connectivity index (χ4n) is 1.80. The van der Waals surface area contributed by atoms with Crippen molar-refractivity contribution in [1.29, 1.82) is 0 Å². The van der Waals surface area contributed by atoms with E-state index in [4.69, 9.17) is 0 Å². The predicted octanol–water partition coefficient (Wildman–Crippen LogP) is 1.70. The van der Waals surface area contributed by atoms with Crippen molar-refractivity contribution in [2.24, 2.45) is 5.92 Å². The van der Waals surface area contributed by atoms with Gasteiger partial charge in [0, 0.05) is 0 Å². The van der Waals surface area contributed by atoms with Gasteiger partial charge in [-0.05, 0) is 18.6 Å². The monoisotopic (exact) mass is 340 g/mol. The molecule has 0 unspecified atom stereocenters. The summed E-state index contributed by atoms with van der Waals surface area (Å²) in [5.41, 5.74) is 3.10. The molecule has 0 saturated carbocycles. The van der Waals surface area contributed by atoms with Crippen molar-refractivity contribution in [2.75, 3.05) is 12.4 Å². The molecule has 1 rings (SSSR count). The van der Waals surface area contributed by atoms with Crippen molar-refractivity contribution >= 4 is 17.9 Å². The van der Waals surface area contributed by atoms with Crippen LogP contribution in [-0.2, 0) is 9.84 Å². The summed E-state index contributed by atoms with van der Waals surface area (Å²) in [4.78, 5) is 0.246. The van der Waals surface area contributed by atoms with Gasteiger partial charge in [-0.25, -0.2) is 8.42 Å². The molecule has 1 aromatic carbocycles. The Bertz CT molecular complexity index is 624. The molecule has 1 aromatic rings. The molecule has 0 spiro atoms. The van der Waals surface area contributed by atoms with Gasteiger partial charge >= 0.3 is 0 Å². The van der Waals surface area contributed by atoms with Crippen LogP contribution in [-0.4, -0.2) is 45.2 Å². The Morgan fingerprint density at radius 1 is 1.18 bits per heavy atom. The highest BCUT2D eigenvalue weighted by Gasteiger charge is 2.21. The molecule has 0 aliphatic rings. The smallest absolute Gasteiger partial charge is 0.178 e. The molecule has 0 aromatic heterocycles. The molecular formula is C16H24O4SSi. The largest absolute Gasteiger partial charge is 0.395 e. The molecule has 2 N–H and O–H groups in total. The maximum atomic E-state index is 12.2. The fourth-order valence-corrected chi connectivity index (χ4v) is 3.77. The van der Waals surface area contributed by atoms with Crippen molar-refractivity contribution in [3.8, 4) is 11.5 Å². The van der Waals surface area contributed by atoms with Crippen LogP contribution >= 0.6 is 0 Å². The van der Waals surface area contributed by atoms with E-state index in [1.54, 1.807) is 18.2 Å². The van der Waals surface area contributed by atoms with Gasteiger partial charge in [0.15, 0.2) is 9.84 Å². The van der Waals surface area contributed by atoms with Gasteiger partial charge in [-0.15, -0.1) is 11.5 Å². The number of aliphatic hydroxyl groups is 2. The van der Waals surface area contributed by atoms with Crippen LogP contribution < -0.4 is 0 Å². The summed E-state index contributed by atoms with van der Waals surface area (Å²) >= 11 is 0. The van der Waals surface area contributed by atoms with Gasteiger partial charge in [0.2, 0.25) is 0 Å². The van der Waals surface area contributed by atoms with Crippen molar-refractivity contribution in [3.63, 3.8) is 0 Å². The third-order valence-corrected chi connectivity index (χ3v) is 5.74. The molecule has 0 fully saturated rings. The van der Waals surface area contributed by atoms with Crippen molar-refractivity contribution < 1.29 is 18.6 Å². The molecule has 0 heterocycles. The summed E-state index contributed by atoms with van der Waals surface area (Å²) in [6.45, 7) is 5.94. The van der Waals surface area contributed by atoms with E-state index in [9.17, 15) is 18.6 Å². The minimum absolute atomic E-state index is 0.0584. The van der Waals surface area contributed by atoms with Crippen LogP contribution in [0.15, 0.2) is 35.2 Å². The average Bonchev–Trinajstić information content (AvgIpc) is 2.45. The first-order valence-corrected chi connectivity index (χ1v) is 12.4. The highest BCUT2D eigenvalue weighted by atomic mass is 32.2. The third-order valence-electron chi connectivity index (χ3n) is 3.08. The first kappa shape index (κ1) is 18.9. The number of sulfone groups is 1. The Balaban J connectivity index is 2.71. The zero-order valence-electron chi connectivity index (χ0n) is 13.3. The summed E-state index contributed by atoms with van der Waals surface area (Å²) in [5, 5.41) is 19.4. The fraction of sp³-hybridized carbons (Fsp3) is 0.500. The van der Waals surface area contributed by atoms with Crippen LogP contribution in [0.3, 0.4) is 0 Å². The van der Waals surface area contributed by atoms with Crippen LogP contribution in [0, 0.1) is 17.4 Å². The van der Waals surface area contributed by atoms with E-state index in [1.807, 2.05) is 0 Å². The van der Waals surface area contributed by atoms with Crippen molar-refractivity contribution in [1.82, 2.24) is 0 Å². The second-order valence-corrected chi connectivity index (χ2v) is 13.2. The molecule has 0 saturated heterocycles. The van der Waals surface area contributed by atoms with Crippen LogP contribution in [0.25, 0.3) is 0 Å². The van der Waals surface area contributed by atoms with E-state index in [-0.39, 0.29) is 23.7 Å². The topological polar surface area (TPSA) is 74.6 Å². The Hall–Kier alpha value is -1.13. The van der Waals surface area contributed by atoms with Gasteiger partial charge in [0.1, 0.15) is 8.07 Å². The highest BCUT2D eigenvalue weighted by molar-refractivity contribution is 7.91. The highest BCUT2D eigenvalue weighted by Crippen LogP contribution is 2.15. The first-order valence-electron chi connectivity index (χ1n) is 7.25. The Kier molecular flexibility index (Phi) is 6.82. The van der Waals surface area contributed by atoms with E-state index < -0.39 is 29.9 Å². The first-order chi connectivity index (χ1) is 10.2. The standard InChI is InChI=1S/C16H24O4SSi/c1-22(2,3)12-10-14(13-17)16(18)9-11-21(19,20)15-7-5-4-6-8-15/h4-8,14,16-18H,9,11,13H2,1-3H3/t14-,16+/m0/s1. The minimum atomic E-state index is -3.42. The lowest BCUT2D eigenvalue weighted by atomic mass is 10.0. The van der Waals surface area contributed by atoms with Gasteiger partial charge in [-0.2, -0.15) is 0 Å². The van der Waals surface area contributed by atoms with Crippen molar-refractivity contribution in [3.05, 3.63) is 30.3 Å². The van der Waals surface area contributed by atoms with E-state index >= 15 is 0 Å². The maximum Gasteiger partial charge on any atom is 0.178 e. The lowest BCUT2D eigenvalue weighted by molar-refractivity contribution is 0.0939. The third kappa shape index (κ3) is 6.32. The Morgan fingerprint density at radius 3 is 2.27 bits per heavy atom. The van der Waals surface area contributed by atoms with Gasteiger partial charge < -0.3 is 10.2 Å². The predicted molar refractivity (Wildman–Crippen MR) is 90.8 cm³/mol. The van der Waals surface area contributed by atoms with E-state index in [0.717, 1.165) is 0 Å². The van der Waals surface area contributed by atoms with Gasteiger partial charge in [0.25, 0.3) is 0 Å². The number of hydrogen-bond donors (Lipinski definition) is 2. The van der Waals surface area contributed by atoms with Gasteiger partial charge in [-0.3, -0.25) is 0 Å². The number of aliphatic hydroxyl groups excluding tert-OH is 2. The summed E-state index contributed by atoms with van der Waals surface area (Å²) in [5.74, 6) is 2.14. The van der Waals surface area contributed by atoms with Crippen LogP contribution in [0.5, 0.6) is 0 Å². The Morgan fingerprint density at radius 2 is 1.77 bits per heavy atom. The Labute approximate surface area is 134 Å². The lowest BCUT2D eigenvalue weighted by Crippen LogP contribution is -2.26. The summed E-state index contributed by atoms with van der Waals surface area (Å²) in [7, 11) is -5.02. The molecule has 0 amide bonds. The normalized spacial score (nSPS) is 14.8. The maximum absolute atomic E-state index is 12.2. The van der Waals surface area contributed by atoms with E-state index in [0.29, 0.717) is 0 Å². The van der Waals surface area contributed by atoms with Crippen LogP contribution in [0.2, 0.25) is 19.6 Å². The molecule has 0 radical (unpaired) electrons. The molecular weight excluding hydrogens is 316 g/mol. The molecule has 122 valence electrons. The van der Waals surface area contributed by atoms with Crippen molar-refractivity contribution in [2.45, 2.75) is 37.1 Å². The number of hydrogen-bond acceptors (Lipinski definition) is 4. The van der Waals surface area contributed by atoms with E-state index in [1.165, 1.54) is 12.1 Å². The SMILES string of the molecule is C[Si](C)(C)C#C[C@@H](CO)[C@H](O)CCS(=O)(=O)c1ccccc1. The van der Waals surface area contributed by atoms with Gasteiger partial charge in [-0.1, -0.05) is 37.8 Å². The molecule has 0 bridgehead atoms. The lowest BCUT2D eigenvalue weighted by Gasteiger charge is -2.16. The quantitative estimate of drug-likeness (QED) is 0.610. The molecule has 2 atom stereocenters. The molecule has 0 aliphatic heterocycles. The molecule has 4 nitrogen and oxygen atoms in total.